The van der Waals surface area contributed by atoms with Gasteiger partial charge in [-0.2, -0.15) is 0 Å². The van der Waals surface area contributed by atoms with Crippen LogP contribution in [0.1, 0.15) is 25.3 Å². The van der Waals surface area contributed by atoms with Gasteiger partial charge in [0, 0.05) is 32.7 Å². The molecule has 1 atom stereocenters. The molecule has 1 N–H and O–H groups in total. The summed E-state index contributed by atoms with van der Waals surface area (Å²) in [5, 5.41) is 2.96. The Hall–Kier alpha value is -1.84. The fourth-order valence-electron chi connectivity index (χ4n) is 3.40. The molecule has 1 aliphatic rings. The number of ether oxygens (including phenoxy) is 2. The molecule has 0 saturated carbocycles. The topological polar surface area (TPSA) is 88.2 Å². The number of hydrogen-bond acceptors (Lipinski definition) is 6. The number of likely N-dealkylation sites (tertiary alicyclic amines) is 1. The second-order valence-corrected chi connectivity index (χ2v) is 9.17. The van der Waals surface area contributed by atoms with E-state index in [-0.39, 0.29) is 18.0 Å². The van der Waals surface area contributed by atoms with E-state index < -0.39 is 10.0 Å². The van der Waals surface area contributed by atoms with E-state index in [1.807, 2.05) is 25.1 Å². The maximum absolute atomic E-state index is 12.6. The molecule has 0 radical (unpaired) electrons. The normalized spacial score (nSPS) is 17.4. The molecule has 0 bridgehead atoms. The molecule has 0 aromatic heterocycles. The van der Waals surface area contributed by atoms with Crippen LogP contribution in [0.3, 0.4) is 0 Å². The van der Waals surface area contributed by atoms with E-state index in [1.165, 1.54) is 10.6 Å². The highest BCUT2D eigenvalue weighted by Gasteiger charge is 2.30. The maximum Gasteiger partial charge on any atom is 0.237 e. The third kappa shape index (κ3) is 5.59. The minimum atomic E-state index is -3.19. The lowest BCUT2D eigenvalue weighted by molar-refractivity contribution is -0.126. The van der Waals surface area contributed by atoms with Crippen molar-refractivity contribution in [2.75, 3.05) is 40.6 Å². The number of carbonyl (C=O) groups excluding carboxylic acids is 1. The van der Waals surface area contributed by atoms with Crippen LogP contribution >= 0.6 is 0 Å². The first-order valence-electron chi connectivity index (χ1n) is 9.33. The number of methoxy groups -OCH3 is 2. The van der Waals surface area contributed by atoms with Gasteiger partial charge in [0.05, 0.1) is 26.5 Å². The van der Waals surface area contributed by atoms with Crippen LogP contribution in [0, 0.1) is 0 Å². The third-order valence-corrected chi connectivity index (χ3v) is 6.72. The summed E-state index contributed by atoms with van der Waals surface area (Å²) in [5.41, 5.74) is 0.923. The number of nitrogens with one attached hydrogen (secondary N) is 1. The Bertz CT molecular complexity index is 776. The van der Waals surface area contributed by atoms with Crippen molar-refractivity contribution in [2.45, 2.75) is 38.4 Å². The molecule has 1 heterocycles. The van der Waals surface area contributed by atoms with Crippen molar-refractivity contribution in [1.29, 1.82) is 0 Å². The van der Waals surface area contributed by atoms with E-state index in [2.05, 4.69) is 10.2 Å². The minimum Gasteiger partial charge on any atom is -0.493 e. The first-order valence-corrected chi connectivity index (χ1v) is 11.2. The van der Waals surface area contributed by atoms with E-state index >= 15 is 0 Å². The summed E-state index contributed by atoms with van der Waals surface area (Å²) in [6.45, 7) is 3.66. The van der Waals surface area contributed by atoms with Gasteiger partial charge in [0.2, 0.25) is 15.9 Å². The largest absolute Gasteiger partial charge is 0.493 e. The first kappa shape index (κ1) is 22.4. The summed E-state index contributed by atoms with van der Waals surface area (Å²) in [7, 11) is 1.59. The molecular weight excluding hydrogens is 382 g/mol. The van der Waals surface area contributed by atoms with Gasteiger partial charge in [0.25, 0.3) is 0 Å². The monoisotopic (exact) mass is 413 g/mol. The molecule has 1 aromatic rings. The van der Waals surface area contributed by atoms with Crippen molar-refractivity contribution in [3.05, 3.63) is 23.8 Å². The SMILES string of the molecule is COc1ccc(CNC(=O)C(C)N2CCC(N(C)S(C)(=O)=O)CC2)cc1OC. The van der Waals surface area contributed by atoms with Crippen molar-refractivity contribution in [3.8, 4) is 11.5 Å². The zero-order valence-electron chi connectivity index (χ0n) is 17.3. The quantitative estimate of drug-likeness (QED) is 0.686. The number of sulfonamides is 1. The van der Waals surface area contributed by atoms with Gasteiger partial charge in [-0.05, 0) is 37.5 Å². The molecule has 9 heteroatoms. The Kier molecular flexibility index (Phi) is 7.68. The summed E-state index contributed by atoms with van der Waals surface area (Å²) < 4.78 is 35.3. The van der Waals surface area contributed by atoms with Crippen LogP contribution in [-0.4, -0.2) is 76.2 Å². The second-order valence-electron chi connectivity index (χ2n) is 7.13. The molecule has 1 saturated heterocycles. The van der Waals surface area contributed by atoms with E-state index in [0.717, 1.165) is 18.4 Å². The summed E-state index contributed by atoms with van der Waals surface area (Å²) in [6, 6.07) is 5.26. The van der Waals surface area contributed by atoms with Gasteiger partial charge in [0.15, 0.2) is 11.5 Å². The highest BCUT2D eigenvalue weighted by Crippen LogP contribution is 2.27. The molecular formula is C19H31N3O5S. The highest BCUT2D eigenvalue weighted by molar-refractivity contribution is 7.88. The molecule has 158 valence electrons. The summed E-state index contributed by atoms with van der Waals surface area (Å²) in [6.07, 6.45) is 2.66. The van der Waals surface area contributed by atoms with Crippen LogP contribution < -0.4 is 14.8 Å². The number of hydrogen-bond donors (Lipinski definition) is 1. The van der Waals surface area contributed by atoms with Gasteiger partial charge in [0.1, 0.15) is 0 Å². The highest BCUT2D eigenvalue weighted by atomic mass is 32.2. The minimum absolute atomic E-state index is 0.00623. The maximum atomic E-state index is 12.6. The lowest BCUT2D eigenvalue weighted by Gasteiger charge is -2.38. The fraction of sp³-hybridized carbons (Fsp3) is 0.632. The third-order valence-electron chi connectivity index (χ3n) is 5.38. The predicted octanol–water partition coefficient (Wildman–Crippen LogP) is 1.06. The lowest BCUT2D eigenvalue weighted by Crippen LogP contribution is -2.51. The van der Waals surface area contributed by atoms with Crippen molar-refractivity contribution in [1.82, 2.24) is 14.5 Å². The summed E-state index contributed by atoms with van der Waals surface area (Å²) in [4.78, 5) is 14.6. The average Bonchev–Trinajstić information content (AvgIpc) is 2.69. The Morgan fingerprint density at radius 1 is 1.25 bits per heavy atom. The van der Waals surface area contributed by atoms with Crippen LogP contribution in [-0.2, 0) is 21.4 Å². The first-order chi connectivity index (χ1) is 13.2. The Morgan fingerprint density at radius 2 is 1.86 bits per heavy atom. The van der Waals surface area contributed by atoms with Gasteiger partial charge in [-0.25, -0.2) is 12.7 Å². The number of amides is 1. The number of rotatable bonds is 8. The molecule has 1 unspecified atom stereocenters. The second kappa shape index (κ2) is 9.58. The molecule has 28 heavy (non-hydrogen) atoms. The average molecular weight is 414 g/mol. The zero-order chi connectivity index (χ0) is 20.9. The number of nitrogens with zero attached hydrogens (tertiary/aromatic N) is 2. The molecule has 8 nitrogen and oxygen atoms in total. The Balaban J connectivity index is 1.87. The van der Waals surface area contributed by atoms with Crippen LogP contribution in [0.5, 0.6) is 11.5 Å². The fourth-order valence-corrected chi connectivity index (χ4v) is 4.15. The van der Waals surface area contributed by atoms with Gasteiger partial charge in [-0.3, -0.25) is 9.69 Å². The lowest BCUT2D eigenvalue weighted by atomic mass is 10.0. The van der Waals surface area contributed by atoms with E-state index in [1.54, 1.807) is 21.3 Å². The molecule has 0 spiro atoms. The predicted molar refractivity (Wildman–Crippen MR) is 108 cm³/mol. The van der Waals surface area contributed by atoms with Crippen molar-refractivity contribution >= 4 is 15.9 Å². The molecule has 1 aromatic carbocycles. The Labute approximate surface area is 167 Å². The van der Waals surface area contributed by atoms with Crippen LogP contribution in [0.15, 0.2) is 18.2 Å². The van der Waals surface area contributed by atoms with E-state index in [9.17, 15) is 13.2 Å². The summed E-state index contributed by atoms with van der Waals surface area (Å²) >= 11 is 0. The molecule has 0 aliphatic carbocycles. The van der Waals surface area contributed by atoms with Crippen LogP contribution in [0.25, 0.3) is 0 Å². The molecule has 1 aliphatic heterocycles. The summed E-state index contributed by atoms with van der Waals surface area (Å²) in [5.74, 6) is 1.22. The number of piperidine rings is 1. The molecule has 1 amide bonds. The van der Waals surface area contributed by atoms with Gasteiger partial charge < -0.3 is 14.8 Å². The van der Waals surface area contributed by atoms with Crippen LogP contribution in [0.2, 0.25) is 0 Å². The number of benzene rings is 1. The zero-order valence-corrected chi connectivity index (χ0v) is 18.1. The van der Waals surface area contributed by atoms with Gasteiger partial charge in [-0.1, -0.05) is 6.07 Å². The standard InChI is InChI=1S/C19H31N3O5S/c1-14(22-10-8-16(9-11-22)21(2)28(5,24)25)19(23)20-13-15-6-7-17(26-3)18(12-15)27-4/h6-7,12,14,16H,8-11,13H2,1-5H3,(H,20,23). The van der Waals surface area contributed by atoms with E-state index in [0.29, 0.717) is 31.1 Å². The van der Waals surface area contributed by atoms with Crippen molar-refractivity contribution in [2.24, 2.45) is 0 Å². The van der Waals surface area contributed by atoms with Crippen molar-refractivity contribution in [3.63, 3.8) is 0 Å². The number of carbonyl (C=O) groups is 1. The van der Waals surface area contributed by atoms with Gasteiger partial charge >= 0.3 is 0 Å². The smallest absolute Gasteiger partial charge is 0.237 e. The van der Waals surface area contributed by atoms with Crippen LogP contribution in [0.4, 0.5) is 0 Å². The van der Waals surface area contributed by atoms with Crippen molar-refractivity contribution < 1.29 is 22.7 Å². The Morgan fingerprint density at radius 3 is 2.39 bits per heavy atom. The molecule has 1 fully saturated rings. The van der Waals surface area contributed by atoms with E-state index in [4.69, 9.17) is 9.47 Å². The van der Waals surface area contributed by atoms with Gasteiger partial charge in [-0.15, -0.1) is 0 Å². The molecule has 2 rings (SSSR count).